The van der Waals surface area contributed by atoms with Crippen LogP contribution in [0.4, 0.5) is 14.9 Å². The van der Waals surface area contributed by atoms with Crippen LogP contribution in [0.15, 0.2) is 47.4 Å². The van der Waals surface area contributed by atoms with E-state index in [1.165, 1.54) is 11.0 Å². The van der Waals surface area contributed by atoms with Crippen molar-refractivity contribution in [3.05, 3.63) is 48.3 Å². The summed E-state index contributed by atoms with van der Waals surface area (Å²) in [6.45, 7) is 0.598. The summed E-state index contributed by atoms with van der Waals surface area (Å²) in [6, 6.07) is 12.5. The standard InChI is InChI=1S/C17H17FN2O2S/c1-23-14-4-2-3-11(7-14)15-6-5-12(8-16(15)18)20-10-13(9-19)22-17(20)21/h2-8,13H,9-10,19H2,1H3. The van der Waals surface area contributed by atoms with Gasteiger partial charge < -0.3 is 10.5 Å². The molecule has 2 N–H and O–H groups in total. The molecule has 1 fully saturated rings. The first-order valence-corrected chi connectivity index (χ1v) is 8.47. The zero-order valence-electron chi connectivity index (χ0n) is 12.7. The number of carbonyl (C=O) groups is 1. The van der Waals surface area contributed by atoms with Crippen molar-refractivity contribution < 1.29 is 13.9 Å². The molecule has 2 aromatic rings. The molecule has 0 radical (unpaired) electrons. The summed E-state index contributed by atoms with van der Waals surface area (Å²) in [5.41, 5.74) is 7.31. The number of carbonyl (C=O) groups excluding carboxylic acids is 1. The number of halogens is 1. The van der Waals surface area contributed by atoms with Gasteiger partial charge in [-0.25, -0.2) is 9.18 Å². The monoisotopic (exact) mass is 332 g/mol. The molecular weight excluding hydrogens is 315 g/mol. The lowest BCUT2D eigenvalue weighted by Gasteiger charge is -2.14. The molecule has 0 saturated carbocycles. The minimum absolute atomic E-state index is 0.254. The average molecular weight is 332 g/mol. The molecule has 1 unspecified atom stereocenters. The van der Waals surface area contributed by atoms with E-state index in [9.17, 15) is 9.18 Å². The molecule has 3 rings (SSSR count). The first-order valence-electron chi connectivity index (χ1n) is 7.24. The van der Waals surface area contributed by atoms with E-state index in [0.717, 1.165) is 10.5 Å². The molecule has 1 atom stereocenters. The third-order valence-corrected chi connectivity index (χ3v) is 4.51. The summed E-state index contributed by atoms with van der Waals surface area (Å²) in [7, 11) is 0. The van der Waals surface area contributed by atoms with Gasteiger partial charge in [-0.1, -0.05) is 12.1 Å². The molecule has 0 aliphatic carbocycles. The number of thioether (sulfide) groups is 1. The van der Waals surface area contributed by atoms with Crippen LogP contribution in [0.1, 0.15) is 0 Å². The maximum atomic E-state index is 14.5. The summed E-state index contributed by atoms with van der Waals surface area (Å²) in [5, 5.41) is 0. The van der Waals surface area contributed by atoms with Gasteiger partial charge in [0.2, 0.25) is 0 Å². The Balaban J connectivity index is 1.90. The van der Waals surface area contributed by atoms with Gasteiger partial charge in [-0.2, -0.15) is 0 Å². The zero-order valence-corrected chi connectivity index (χ0v) is 13.5. The number of rotatable bonds is 4. The lowest BCUT2D eigenvalue weighted by molar-refractivity contribution is 0.145. The van der Waals surface area contributed by atoms with Gasteiger partial charge in [-0.3, -0.25) is 4.90 Å². The SMILES string of the molecule is CSc1cccc(-c2ccc(N3CC(CN)OC3=O)cc2F)c1. The van der Waals surface area contributed by atoms with Gasteiger partial charge >= 0.3 is 6.09 Å². The number of cyclic esters (lactones) is 1. The van der Waals surface area contributed by atoms with Gasteiger partial charge in [-0.15, -0.1) is 11.8 Å². The van der Waals surface area contributed by atoms with Crippen molar-refractivity contribution in [2.45, 2.75) is 11.0 Å². The van der Waals surface area contributed by atoms with Crippen molar-refractivity contribution in [3.63, 3.8) is 0 Å². The fourth-order valence-electron chi connectivity index (χ4n) is 2.55. The van der Waals surface area contributed by atoms with Gasteiger partial charge in [0, 0.05) is 17.0 Å². The maximum Gasteiger partial charge on any atom is 0.414 e. The summed E-state index contributed by atoms with van der Waals surface area (Å²) >= 11 is 1.61. The van der Waals surface area contributed by atoms with E-state index in [2.05, 4.69) is 0 Å². The van der Waals surface area contributed by atoms with Crippen LogP contribution in [0.5, 0.6) is 0 Å². The lowest BCUT2D eigenvalue weighted by atomic mass is 10.0. The van der Waals surface area contributed by atoms with Gasteiger partial charge in [0.15, 0.2) is 0 Å². The Labute approximate surface area is 138 Å². The van der Waals surface area contributed by atoms with Crippen LogP contribution in [-0.2, 0) is 4.74 Å². The Morgan fingerprint density at radius 1 is 1.35 bits per heavy atom. The quantitative estimate of drug-likeness (QED) is 0.871. The third kappa shape index (κ3) is 3.18. The van der Waals surface area contributed by atoms with Crippen LogP contribution < -0.4 is 10.6 Å². The van der Waals surface area contributed by atoms with Gasteiger partial charge in [0.25, 0.3) is 0 Å². The highest BCUT2D eigenvalue weighted by Crippen LogP contribution is 2.30. The van der Waals surface area contributed by atoms with Crippen molar-refractivity contribution in [3.8, 4) is 11.1 Å². The van der Waals surface area contributed by atoms with Crippen molar-refractivity contribution in [2.75, 3.05) is 24.2 Å². The highest BCUT2D eigenvalue weighted by atomic mass is 32.2. The summed E-state index contributed by atoms with van der Waals surface area (Å²) in [6.07, 6.45) is 1.14. The van der Waals surface area contributed by atoms with Crippen LogP contribution in [0.2, 0.25) is 0 Å². The average Bonchev–Trinajstić information content (AvgIpc) is 2.96. The van der Waals surface area contributed by atoms with E-state index in [0.29, 0.717) is 17.8 Å². The second-order valence-electron chi connectivity index (χ2n) is 5.25. The van der Waals surface area contributed by atoms with Gasteiger partial charge in [0.05, 0.1) is 12.2 Å². The molecular formula is C17H17FN2O2S. The molecule has 1 saturated heterocycles. The fraction of sp³-hybridized carbons (Fsp3) is 0.235. The zero-order chi connectivity index (χ0) is 16.4. The molecule has 2 aromatic carbocycles. The number of ether oxygens (including phenoxy) is 1. The molecule has 0 bridgehead atoms. The van der Waals surface area contributed by atoms with Gasteiger partial charge in [-0.05, 0) is 42.2 Å². The number of benzene rings is 2. The van der Waals surface area contributed by atoms with Crippen LogP contribution in [-0.4, -0.2) is 31.5 Å². The highest BCUT2D eigenvalue weighted by Gasteiger charge is 2.31. The van der Waals surface area contributed by atoms with Crippen LogP contribution >= 0.6 is 11.8 Å². The topological polar surface area (TPSA) is 55.6 Å². The number of anilines is 1. The van der Waals surface area contributed by atoms with Crippen LogP contribution in [0, 0.1) is 5.82 Å². The maximum absolute atomic E-state index is 14.5. The van der Waals surface area contributed by atoms with E-state index in [-0.39, 0.29) is 18.5 Å². The Morgan fingerprint density at radius 3 is 2.83 bits per heavy atom. The van der Waals surface area contributed by atoms with Crippen LogP contribution in [0.25, 0.3) is 11.1 Å². The van der Waals surface area contributed by atoms with E-state index < -0.39 is 6.09 Å². The van der Waals surface area contributed by atoms with Crippen LogP contribution in [0.3, 0.4) is 0 Å². The molecule has 0 aromatic heterocycles. The van der Waals surface area contributed by atoms with Crippen molar-refractivity contribution in [1.82, 2.24) is 0 Å². The second kappa shape index (κ2) is 6.60. The molecule has 0 spiro atoms. The number of nitrogens with two attached hydrogens (primary N) is 1. The van der Waals surface area contributed by atoms with Crippen molar-refractivity contribution >= 4 is 23.5 Å². The first kappa shape index (κ1) is 15.8. The molecule has 6 heteroatoms. The molecule has 1 aliphatic heterocycles. The number of amides is 1. The molecule has 1 heterocycles. The minimum Gasteiger partial charge on any atom is -0.443 e. The molecule has 120 valence electrons. The lowest BCUT2D eigenvalue weighted by Crippen LogP contribution is -2.27. The minimum atomic E-state index is -0.489. The predicted molar refractivity (Wildman–Crippen MR) is 90.3 cm³/mol. The van der Waals surface area contributed by atoms with Crippen molar-refractivity contribution in [1.29, 1.82) is 0 Å². The molecule has 1 amide bonds. The van der Waals surface area contributed by atoms with E-state index in [1.807, 2.05) is 30.5 Å². The van der Waals surface area contributed by atoms with E-state index in [1.54, 1.807) is 23.9 Å². The van der Waals surface area contributed by atoms with E-state index in [4.69, 9.17) is 10.5 Å². The Hall–Kier alpha value is -2.05. The fourth-order valence-corrected chi connectivity index (χ4v) is 3.01. The van der Waals surface area contributed by atoms with Gasteiger partial charge in [0.1, 0.15) is 11.9 Å². The summed E-state index contributed by atoms with van der Waals surface area (Å²) in [5.74, 6) is -0.371. The summed E-state index contributed by atoms with van der Waals surface area (Å²) in [4.78, 5) is 14.3. The molecule has 23 heavy (non-hydrogen) atoms. The first-order chi connectivity index (χ1) is 11.1. The Morgan fingerprint density at radius 2 is 2.17 bits per heavy atom. The van der Waals surface area contributed by atoms with Crippen molar-refractivity contribution in [2.24, 2.45) is 5.73 Å². The number of hydrogen-bond acceptors (Lipinski definition) is 4. The molecule has 4 nitrogen and oxygen atoms in total. The second-order valence-corrected chi connectivity index (χ2v) is 6.13. The van der Waals surface area contributed by atoms with E-state index >= 15 is 0 Å². The Kier molecular flexibility index (Phi) is 4.54. The third-order valence-electron chi connectivity index (χ3n) is 3.78. The predicted octanol–water partition coefficient (Wildman–Crippen LogP) is 3.50. The smallest absolute Gasteiger partial charge is 0.414 e. The number of hydrogen-bond donors (Lipinski definition) is 1. The Bertz CT molecular complexity index is 738. The highest BCUT2D eigenvalue weighted by molar-refractivity contribution is 7.98. The summed E-state index contributed by atoms with van der Waals surface area (Å²) < 4.78 is 19.6. The number of nitrogens with zero attached hydrogens (tertiary/aromatic N) is 1. The normalized spacial score (nSPS) is 17.4. The molecule has 1 aliphatic rings. The largest absolute Gasteiger partial charge is 0.443 e.